The van der Waals surface area contributed by atoms with E-state index in [9.17, 15) is 18.0 Å². The maximum absolute atomic E-state index is 11.8. The number of rotatable bonds is 2. The number of halogens is 1. The number of carbonyl (C=O) groups excluding carboxylic acids is 1. The van der Waals surface area contributed by atoms with Gasteiger partial charge in [-0.1, -0.05) is 0 Å². The lowest BCUT2D eigenvalue weighted by Gasteiger charge is -2.36. The number of fused-ring (bicyclic) bond motifs is 1. The van der Waals surface area contributed by atoms with Gasteiger partial charge < -0.3 is 14.2 Å². The van der Waals surface area contributed by atoms with E-state index in [4.69, 9.17) is 15.1 Å². The van der Waals surface area contributed by atoms with Gasteiger partial charge in [-0.25, -0.2) is 13.2 Å². The van der Waals surface area contributed by atoms with Crippen molar-refractivity contribution in [1.82, 2.24) is 9.47 Å². The van der Waals surface area contributed by atoms with Crippen LogP contribution in [0.25, 0.3) is 11.1 Å². The van der Waals surface area contributed by atoms with E-state index >= 15 is 0 Å². The van der Waals surface area contributed by atoms with E-state index in [-0.39, 0.29) is 16.4 Å². The molecular formula is C14H16ClN3O5S. The minimum Gasteiger partial charge on any atom is -0.408 e. The first-order valence-electron chi connectivity index (χ1n) is 7.27. The van der Waals surface area contributed by atoms with Crippen LogP contribution in [0, 0.1) is 0 Å². The molecule has 0 aliphatic carbocycles. The van der Waals surface area contributed by atoms with Gasteiger partial charge in [0.1, 0.15) is 5.52 Å². The van der Waals surface area contributed by atoms with Gasteiger partial charge in [0, 0.05) is 56.9 Å². The molecule has 3 rings (SSSR count). The van der Waals surface area contributed by atoms with Crippen molar-refractivity contribution >= 4 is 42.4 Å². The van der Waals surface area contributed by atoms with Gasteiger partial charge in [-0.15, -0.1) is 0 Å². The number of hydrogen-bond acceptors (Lipinski definition) is 6. The Morgan fingerprint density at radius 3 is 2.38 bits per heavy atom. The van der Waals surface area contributed by atoms with E-state index in [0.717, 1.165) is 0 Å². The van der Waals surface area contributed by atoms with Crippen LogP contribution in [-0.2, 0) is 20.9 Å². The van der Waals surface area contributed by atoms with Crippen LogP contribution in [-0.4, -0.2) is 50.0 Å². The van der Waals surface area contributed by atoms with Crippen LogP contribution in [0.5, 0.6) is 0 Å². The maximum atomic E-state index is 11.8. The molecule has 0 saturated carbocycles. The smallest absolute Gasteiger partial charge is 0.408 e. The van der Waals surface area contributed by atoms with Crippen molar-refractivity contribution < 1.29 is 17.6 Å². The quantitative estimate of drug-likeness (QED) is 0.720. The zero-order valence-electron chi connectivity index (χ0n) is 13.2. The molecule has 0 unspecified atom stereocenters. The number of nitrogens with zero attached hydrogens (tertiary/aromatic N) is 3. The molecule has 1 amide bonds. The first-order valence-corrected chi connectivity index (χ1v) is 9.58. The highest BCUT2D eigenvalue weighted by molar-refractivity contribution is 8.13. The lowest BCUT2D eigenvalue weighted by molar-refractivity contribution is -0.129. The Hall–Kier alpha value is -2.00. The predicted octanol–water partition coefficient (Wildman–Crippen LogP) is 0.728. The van der Waals surface area contributed by atoms with Crippen LogP contribution < -0.4 is 10.7 Å². The van der Waals surface area contributed by atoms with E-state index in [1.807, 2.05) is 4.90 Å². The molecule has 10 heteroatoms. The summed E-state index contributed by atoms with van der Waals surface area (Å²) in [5.41, 5.74) is 1.21. The molecule has 1 aromatic heterocycles. The molecule has 2 heterocycles. The highest BCUT2D eigenvalue weighted by Gasteiger charge is 2.25. The first-order chi connectivity index (χ1) is 11.2. The summed E-state index contributed by atoms with van der Waals surface area (Å²) < 4.78 is 29.9. The number of benzene rings is 1. The number of anilines is 1. The monoisotopic (exact) mass is 373 g/mol. The van der Waals surface area contributed by atoms with Gasteiger partial charge in [-0.3, -0.25) is 9.36 Å². The Morgan fingerprint density at radius 2 is 1.83 bits per heavy atom. The van der Waals surface area contributed by atoms with Crippen LogP contribution in [0.1, 0.15) is 6.92 Å². The topological polar surface area (TPSA) is 92.8 Å². The third-order valence-electron chi connectivity index (χ3n) is 4.18. The Balaban J connectivity index is 2.12. The van der Waals surface area contributed by atoms with E-state index in [1.54, 1.807) is 11.9 Å². The number of piperazine rings is 1. The Kier molecular flexibility index (Phi) is 4.08. The molecule has 0 radical (unpaired) electrons. The highest BCUT2D eigenvalue weighted by Crippen LogP contribution is 2.31. The summed E-state index contributed by atoms with van der Waals surface area (Å²) in [5, 5.41) is 0. The normalized spacial score (nSPS) is 16.0. The van der Waals surface area contributed by atoms with Crippen LogP contribution >= 0.6 is 10.7 Å². The summed E-state index contributed by atoms with van der Waals surface area (Å²) in [7, 11) is 3.04. The number of carbonyl (C=O) groups is 1. The van der Waals surface area contributed by atoms with Crippen LogP contribution in [0.15, 0.2) is 26.2 Å². The zero-order chi connectivity index (χ0) is 17.6. The molecule has 1 aromatic carbocycles. The average molecular weight is 374 g/mol. The summed E-state index contributed by atoms with van der Waals surface area (Å²) in [4.78, 5) is 26.8. The van der Waals surface area contributed by atoms with Gasteiger partial charge >= 0.3 is 5.76 Å². The summed E-state index contributed by atoms with van der Waals surface area (Å²) in [6, 6.07) is 2.68. The molecule has 0 atom stereocenters. The molecule has 24 heavy (non-hydrogen) atoms. The number of hydrogen-bond donors (Lipinski definition) is 0. The summed E-state index contributed by atoms with van der Waals surface area (Å²) in [6.45, 7) is 3.56. The number of aryl methyl sites for hydroxylation is 1. The van der Waals surface area contributed by atoms with Crippen molar-refractivity contribution in [3.05, 3.63) is 22.7 Å². The van der Waals surface area contributed by atoms with Crippen molar-refractivity contribution in [3.63, 3.8) is 0 Å². The van der Waals surface area contributed by atoms with Crippen LogP contribution in [0.2, 0.25) is 0 Å². The molecule has 1 saturated heterocycles. The fraction of sp³-hybridized carbons (Fsp3) is 0.429. The van der Waals surface area contributed by atoms with Gasteiger partial charge in [0.25, 0.3) is 9.05 Å². The van der Waals surface area contributed by atoms with Gasteiger partial charge in [0.15, 0.2) is 5.58 Å². The molecule has 1 fully saturated rings. The van der Waals surface area contributed by atoms with Crippen molar-refractivity contribution in [2.75, 3.05) is 31.1 Å². The number of amides is 1. The van der Waals surface area contributed by atoms with E-state index in [2.05, 4.69) is 0 Å². The van der Waals surface area contributed by atoms with Crippen molar-refractivity contribution in [2.24, 2.45) is 7.05 Å². The fourth-order valence-electron chi connectivity index (χ4n) is 2.88. The first kappa shape index (κ1) is 16.8. The summed E-state index contributed by atoms with van der Waals surface area (Å²) in [6.07, 6.45) is 0. The second-order valence-electron chi connectivity index (χ2n) is 5.65. The second kappa shape index (κ2) is 5.82. The molecule has 8 nitrogen and oxygen atoms in total. The number of oxazole rings is 1. The molecule has 130 valence electrons. The van der Waals surface area contributed by atoms with Crippen LogP contribution in [0.4, 0.5) is 5.69 Å². The highest BCUT2D eigenvalue weighted by atomic mass is 35.7. The molecule has 0 spiro atoms. The van der Waals surface area contributed by atoms with Crippen molar-refractivity contribution in [3.8, 4) is 0 Å². The lowest BCUT2D eigenvalue weighted by Crippen LogP contribution is -2.48. The van der Waals surface area contributed by atoms with Gasteiger partial charge in [0.2, 0.25) is 5.91 Å². The van der Waals surface area contributed by atoms with E-state index < -0.39 is 14.8 Å². The number of aromatic nitrogens is 1. The standard InChI is InChI=1S/C14H16ClN3O5S/c1-9(19)17-3-5-18(6-4-17)11-7-10(24(15,21)22)8-12-13(11)16(2)14(20)23-12/h7-8H,3-6H2,1-2H3. The van der Waals surface area contributed by atoms with Gasteiger partial charge in [0.05, 0.1) is 10.6 Å². The van der Waals surface area contributed by atoms with Crippen molar-refractivity contribution in [2.45, 2.75) is 11.8 Å². The van der Waals surface area contributed by atoms with E-state index in [0.29, 0.717) is 37.4 Å². The fourth-order valence-corrected chi connectivity index (χ4v) is 3.65. The molecular weight excluding hydrogens is 358 g/mol. The lowest BCUT2D eigenvalue weighted by atomic mass is 10.2. The average Bonchev–Trinajstić information content (AvgIpc) is 2.80. The molecule has 2 aromatic rings. The molecule has 0 bridgehead atoms. The van der Waals surface area contributed by atoms with Gasteiger partial charge in [-0.2, -0.15) is 0 Å². The van der Waals surface area contributed by atoms with Gasteiger partial charge in [-0.05, 0) is 6.07 Å². The third-order valence-corrected chi connectivity index (χ3v) is 5.52. The minimum atomic E-state index is -3.97. The Morgan fingerprint density at radius 1 is 1.21 bits per heavy atom. The van der Waals surface area contributed by atoms with E-state index in [1.165, 1.54) is 23.6 Å². The Labute approximate surface area is 142 Å². The van der Waals surface area contributed by atoms with Crippen LogP contribution in [0.3, 0.4) is 0 Å². The van der Waals surface area contributed by atoms with Crippen molar-refractivity contribution in [1.29, 1.82) is 0 Å². The molecule has 1 aliphatic heterocycles. The SMILES string of the molecule is CC(=O)N1CCN(c2cc(S(=O)(=O)Cl)cc3oc(=O)n(C)c23)CC1. The summed E-state index contributed by atoms with van der Waals surface area (Å²) >= 11 is 0. The maximum Gasteiger partial charge on any atom is 0.419 e. The third kappa shape index (κ3) is 2.89. The predicted molar refractivity (Wildman–Crippen MR) is 89.0 cm³/mol. The largest absolute Gasteiger partial charge is 0.419 e. The molecule has 0 N–H and O–H groups in total. The molecule has 1 aliphatic rings. The second-order valence-corrected chi connectivity index (χ2v) is 8.21. The Bertz CT molecular complexity index is 970. The zero-order valence-corrected chi connectivity index (χ0v) is 14.7. The minimum absolute atomic E-state index is 0.00686. The summed E-state index contributed by atoms with van der Waals surface area (Å²) in [5.74, 6) is -0.592.